The molecule has 2 unspecified atom stereocenters. The van der Waals surface area contributed by atoms with Crippen LogP contribution in [0.2, 0.25) is 0 Å². The second kappa shape index (κ2) is 7.94. The van der Waals surface area contributed by atoms with Crippen LogP contribution in [0.5, 0.6) is 0 Å². The SMILES string of the molecule is Cc1ccc(C(F)(F)F)cc1C(=O)C1CC2CCCC(C1)N2Cc1ccccc1. The number of halogens is 3. The van der Waals surface area contributed by atoms with Gasteiger partial charge in [0.25, 0.3) is 0 Å². The van der Waals surface area contributed by atoms with Crippen molar-refractivity contribution in [1.29, 1.82) is 0 Å². The van der Waals surface area contributed by atoms with Gasteiger partial charge in [-0.2, -0.15) is 13.2 Å². The van der Waals surface area contributed by atoms with Gasteiger partial charge >= 0.3 is 6.18 Å². The van der Waals surface area contributed by atoms with Crippen molar-refractivity contribution in [2.45, 2.75) is 63.8 Å². The molecule has 2 heterocycles. The number of benzene rings is 2. The van der Waals surface area contributed by atoms with E-state index >= 15 is 0 Å². The molecule has 0 radical (unpaired) electrons. The van der Waals surface area contributed by atoms with Gasteiger partial charge in [0, 0.05) is 30.1 Å². The molecule has 0 spiro atoms. The number of carbonyl (C=O) groups is 1. The summed E-state index contributed by atoms with van der Waals surface area (Å²) in [5.74, 6) is -0.315. The molecule has 2 nitrogen and oxygen atoms in total. The van der Waals surface area contributed by atoms with Crippen LogP contribution in [0, 0.1) is 12.8 Å². The Labute approximate surface area is 169 Å². The molecular formula is C24H26F3NO. The molecule has 2 aliphatic heterocycles. The molecule has 0 N–H and O–H groups in total. The van der Waals surface area contributed by atoms with Crippen LogP contribution in [0.25, 0.3) is 0 Å². The lowest BCUT2D eigenvalue weighted by molar-refractivity contribution is -0.137. The summed E-state index contributed by atoms with van der Waals surface area (Å²) in [7, 11) is 0. The normalized spacial score (nSPS) is 25.0. The fourth-order valence-electron chi connectivity index (χ4n) is 5.03. The van der Waals surface area contributed by atoms with Gasteiger partial charge < -0.3 is 0 Å². The number of nitrogens with zero attached hydrogens (tertiary/aromatic N) is 1. The topological polar surface area (TPSA) is 20.3 Å². The third kappa shape index (κ3) is 4.25. The van der Waals surface area contributed by atoms with E-state index < -0.39 is 11.7 Å². The predicted molar refractivity (Wildman–Crippen MR) is 107 cm³/mol. The highest BCUT2D eigenvalue weighted by Crippen LogP contribution is 2.40. The van der Waals surface area contributed by atoms with Crippen molar-refractivity contribution < 1.29 is 18.0 Å². The summed E-state index contributed by atoms with van der Waals surface area (Å²) in [6, 6.07) is 14.5. The van der Waals surface area contributed by atoms with Crippen molar-refractivity contribution >= 4 is 5.78 Å². The quantitative estimate of drug-likeness (QED) is 0.583. The minimum absolute atomic E-state index is 0.120. The summed E-state index contributed by atoms with van der Waals surface area (Å²) in [5, 5.41) is 0. The van der Waals surface area contributed by atoms with Crippen molar-refractivity contribution in [3.8, 4) is 0 Å². The van der Waals surface area contributed by atoms with Crippen molar-refractivity contribution in [2.75, 3.05) is 0 Å². The van der Waals surface area contributed by atoms with Gasteiger partial charge in [-0.05, 0) is 55.9 Å². The number of rotatable bonds is 4. The Hall–Kier alpha value is -2.14. The van der Waals surface area contributed by atoms with Gasteiger partial charge in [0.1, 0.15) is 0 Å². The highest BCUT2D eigenvalue weighted by Gasteiger charge is 2.41. The van der Waals surface area contributed by atoms with E-state index in [9.17, 15) is 18.0 Å². The molecular weight excluding hydrogens is 375 g/mol. The molecule has 0 aliphatic carbocycles. The number of hydrogen-bond donors (Lipinski definition) is 0. The average molecular weight is 401 g/mol. The Morgan fingerprint density at radius 2 is 1.69 bits per heavy atom. The van der Waals surface area contributed by atoms with E-state index in [-0.39, 0.29) is 17.3 Å². The second-order valence-electron chi connectivity index (χ2n) is 8.46. The van der Waals surface area contributed by atoms with E-state index in [0.717, 1.165) is 50.8 Å². The molecule has 5 heteroatoms. The first kappa shape index (κ1) is 20.1. The minimum Gasteiger partial charge on any atom is -0.294 e. The zero-order valence-electron chi connectivity index (χ0n) is 16.6. The van der Waals surface area contributed by atoms with E-state index in [1.165, 1.54) is 11.6 Å². The summed E-state index contributed by atoms with van der Waals surface area (Å²) in [4.78, 5) is 15.7. The van der Waals surface area contributed by atoms with Crippen molar-refractivity contribution in [3.63, 3.8) is 0 Å². The monoisotopic (exact) mass is 401 g/mol. The third-order valence-corrected chi connectivity index (χ3v) is 6.54. The van der Waals surface area contributed by atoms with Gasteiger partial charge in [-0.25, -0.2) is 0 Å². The number of aryl methyl sites for hydroxylation is 1. The number of Topliss-reactive ketones (excluding diaryl/α,β-unsaturated/α-hetero) is 1. The molecule has 154 valence electrons. The number of fused-ring (bicyclic) bond motifs is 2. The molecule has 2 atom stereocenters. The van der Waals surface area contributed by atoms with Gasteiger partial charge in [0.05, 0.1) is 5.56 Å². The van der Waals surface area contributed by atoms with Crippen LogP contribution >= 0.6 is 0 Å². The molecule has 2 fully saturated rings. The van der Waals surface area contributed by atoms with Gasteiger partial charge in [-0.1, -0.05) is 42.8 Å². The molecule has 2 saturated heterocycles. The maximum atomic E-state index is 13.2. The molecule has 29 heavy (non-hydrogen) atoms. The lowest BCUT2D eigenvalue weighted by Gasteiger charge is -2.48. The Kier molecular flexibility index (Phi) is 5.52. The standard InChI is InChI=1S/C24H26F3NO/c1-16-10-11-19(24(25,26)27)14-22(16)23(29)18-12-20-8-5-9-21(13-18)28(20)15-17-6-3-2-4-7-17/h2-4,6-7,10-11,14,18,20-21H,5,8-9,12-13,15H2,1H3. The minimum atomic E-state index is -4.43. The Balaban J connectivity index is 1.54. The largest absolute Gasteiger partial charge is 0.416 e. The first-order chi connectivity index (χ1) is 13.8. The summed E-state index contributed by atoms with van der Waals surface area (Å²) in [6.45, 7) is 2.60. The van der Waals surface area contributed by atoms with Crippen LogP contribution < -0.4 is 0 Å². The molecule has 0 saturated carbocycles. The van der Waals surface area contributed by atoms with E-state index in [1.807, 2.05) is 18.2 Å². The van der Waals surface area contributed by atoms with Crippen LogP contribution in [0.4, 0.5) is 13.2 Å². The first-order valence-electron chi connectivity index (χ1n) is 10.3. The Bertz CT molecular complexity index is 863. The fraction of sp³-hybridized carbons (Fsp3) is 0.458. The first-order valence-corrected chi connectivity index (χ1v) is 10.3. The van der Waals surface area contributed by atoms with Crippen LogP contribution in [-0.4, -0.2) is 22.8 Å². The highest BCUT2D eigenvalue weighted by atomic mass is 19.4. The maximum absolute atomic E-state index is 13.2. The summed E-state index contributed by atoms with van der Waals surface area (Å²) in [5.41, 5.74) is 1.38. The predicted octanol–water partition coefficient (Wildman–Crippen LogP) is 6.03. The smallest absolute Gasteiger partial charge is 0.294 e. The lowest BCUT2D eigenvalue weighted by Crippen LogP contribution is -2.52. The van der Waals surface area contributed by atoms with Gasteiger partial charge in [-0.3, -0.25) is 9.69 Å². The number of alkyl halides is 3. The molecule has 2 aromatic carbocycles. The summed E-state index contributed by atoms with van der Waals surface area (Å²) >= 11 is 0. The van der Waals surface area contributed by atoms with E-state index in [4.69, 9.17) is 0 Å². The van der Waals surface area contributed by atoms with Crippen LogP contribution in [-0.2, 0) is 12.7 Å². The van der Waals surface area contributed by atoms with E-state index in [1.54, 1.807) is 6.92 Å². The van der Waals surface area contributed by atoms with Gasteiger partial charge in [0.2, 0.25) is 0 Å². The molecule has 4 rings (SSSR count). The number of piperidine rings is 2. The van der Waals surface area contributed by atoms with Gasteiger partial charge in [0.15, 0.2) is 5.78 Å². The third-order valence-electron chi connectivity index (χ3n) is 6.54. The number of carbonyl (C=O) groups excluding carboxylic acids is 1. The molecule has 0 aromatic heterocycles. The lowest BCUT2D eigenvalue weighted by atomic mass is 9.75. The Morgan fingerprint density at radius 3 is 2.31 bits per heavy atom. The maximum Gasteiger partial charge on any atom is 0.416 e. The summed E-state index contributed by atoms with van der Waals surface area (Å²) in [6.07, 6.45) is 0.293. The van der Waals surface area contributed by atoms with Crippen LogP contribution in [0.15, 0.2) is 48.5 Å². The molecule has 2 aromatic rings. The van der Waals surface area contributed by atoms with Crippen molar-refractivity contribution in [3.05, 3.63) is 70.8 Å². The van der Waals surface area contributed by atoms with E-state index in [0.29, 0.717) is 17.6 Å². The van der Waals surface area contributed by atoms with E-state index in [2.05, 4.69) is 17.0 Å². The zero-order chi connectivity index (χ0) is 20.6. The number of hydrogen-bond acceptors (Lipinski definition) is 2. The van der Waals surface area contributed by atoms with Crippen molar-refractivity contribution in [1.82, 2.24) is 4.90 Å². The molecule has 2 bridgehead atoms. The molecule has 0 amide bonds. The zero-order valence-corrected chi connectivity index (χ0v) is 16.6. The molecule has 2 aliphatic rings. The second-order valence-corrected chi connectivity index (χ2v) is 8.46. The number of ketones is 1. The van der Waals surface area contributed by atoms with Crippen LogP contribution in [0.1, 0.15) is 59.2 Å². The van der Waals surface area contributed by atoms with Gasteiger partial charge in [-0.15, -0.1) is 0 Å². The highest BCUT2D eigenvalue weighted by molar-refractivity contribution is 5.99. The fourth-order valence-corrected chi connectivity index (χ4v) is 5.03. The van der Waals surface area contributed by atoms with Crippen LogP contribution in [0.3, 0.4) is 0 Å². The van der Waals surface area contributed by atoms with Crippen molar-refractivity contribution in [2.24, 2.45) is 5.92 Å². The average Bonchev–Trinajstić information content (AvgIpc) is 2.67. The summed E-state index contributed by atoms with van der Waals surface area (Å²) < 4.78 is 39.4. The Morgan fingerprint density at radius 1 is 1.03 bits per heavy atom.